The highest BCUT2D eigenvalue weighted by atomic mass is 16.7. The smallest absolute Gasteiger partial charge is 0.338 e. The topological polar surface area (TPSA) is 108 Å². The van der Waals surface area contributed by atoms with E-state index in [1.54, 1.807) is 91.0 Å². The second-order valence-corrected chi connectivity index (χ2v) is 7.88. The summed E-state index contributed by atoms with van der Waals surface area (Å²) in [6.07, 6.45) is -4.71. The summed E-state index contributed by atoms with van der Waals surface area (Å²) in [5.74, 6) is -1.93. The molecular formula is C27H24O8. The Morgan fingerprint density at radius 2 is 1.17 bits per heavy atom. The maximum Gasteiger partial charge on any atom is 0.338 e. The van der Waals surface area contributed by atoms with E-state index in [9.17, 15) is 19.5 Å². The number of benzene rings is 3. The van der Waals surface area contributed by atoms with E-state index in [1.165, 1.54) is 0 Å². The van der Waals surface area contributed by atoms with Crippen LogP contribution in [0.1, 0.15) is 37.5 Å². The van der Waals surface area contributed by atoms with Gasteiger partial charge in [0, 0.05) is 6.42 Å². The summed E-state index contributed by atoms with van der Waals surface area (Å²) in [7, 11) is 0. The molecule has 0 saturated carbocycles. The van der Waals surface area contributed by atoms with E-state index in [0.29, 0.717) is 11.1 Å². The average molecular weight is 476 g/mol. The van der Waals surface area contributed by atoms with Gasteiger partial charge in [-0.2, -0.15) is 0 Å². The Bertz CT molecular complexity index is 1130. The van der Waals surface area contributed by atoms with Gasteiger partial charge in [0.2, 0.25) is 0 Å². The third-order valence-corrected chi connectivity index (χ3v) is 5.41. The van der Waals surface area contributed by atoms with E-state index in [0.717, 1.165) is 0 Å². The summed E-state index contributed by atoms with van der Waals surface area (Å²) in [6, 6.07) is 24.9. The molecule has 1 fully saturated rings. The van der Waals surface area contributed by atoms with Gasteiger partial charge in [-0.05, 0) is 36.4 Å². The minimum atomic E-state index is -1.32. The lowest BCUT2D eigenvalue weighted by molar-refractivity contribution is -0.239. The highest BCUT2D eigenvalue weighted by molar-refractivity contribution is 5.90. The normalized spacial score (nSPS) is 21.5. The predicted molar refractivity (Wildman–Crippen MR) is 124 cm³/mol. The molecule has 4 rings (SSSR count). The van der Waals surface area contributed by atoms with E-state index in [1.807, 2.05) is 0 Å². The van der Waals surface area contributed by atoms with E-state index in [2.05, 4.69) is 0 Å². The molecule has 4 atom stereocenters. The van der Waals surface area contributed by atoms with Crippen molar-refractivity contribution < 1.29 is 38.4 Å². The molecule has 180 valence electrons. The van der Waals surface area contributed by atoms with E-state index in [4.69, 9.17) is 18.9 Å². The molecule has 0 aliphatic carbocycles. The van der Waals surface area contributed by atoms with Crippen molar-refractivity contribution >= 4 is 17.9 Å². The maximum absolute atomic E-state index is 12.8. The molecular weight excluding hydrogens is 452 g/mol. The Kier molecular flexibility index (Phi) is 7.87. The Morgan fingerprint density at radius 3 is 1.69 bits per heavy atom. The Morgan fingerprint density at radius 1 is 0.714 bits per heavy atom. The van der Waals surface area contributed by atoms with Crippen molar-refractivity contribution in [2.45, 2.75) is 31.0 Å². The summed E-state index contributed by atoms with van der Waals surface area (Å²) in [6.45, 7) is -0.336. The van der Waals surface area contributed by atoms with Gasteiger partial charge in [0.1, 0.15) is 18.8 Å². The molecule has 1 heterocycles. The minimum Gasteiger partial charge on any atom is -0.459 e. The Balaban J connectivity index is 1.53. The fourth-order valence-corrected chi connectivity index (χ4v) is 3.67. The number of carbonyl (C=O) groups is 3. The standard InChI is InChI=1S/C27H24O8/c28-23-16-21(34-26(30)19-12-6-2-7-13-19)24(35-27(31)20-14-8-3-9-15-20)22(33-23)17-32-25(29)18-10-4-1-5-11-18/h1-15,21-24,28H,16-17H2/t21-,22-,23+,24+/m1/s1. The van der Waals surface area contributed by atoms with Crippen LogP contribution in [0.2, 0.25) is 0 Å². The van der Waals surface area contributed by atoms with Gasteiger partial charge in [0.15, 0.2) is 12.4 Å². The van der Waals surface area contributed by atoms with Crippen LogP contribution in [0.3, 0.4) is 0 Å². The Labute approximate surface area is 202 Å². The molecule has 0 bridgehead atoms. The van der Waals surface area contributed by atoms with Crippen LogP contribution >= 0.6 is 0 Å². The van der Waals surface area contributed by atoms with Crippen molar-refractivity contribution in [1.29, 1.82) is 0 Å². The third-order valence-electron chi connectivity index (χ3n) is 5.41. The number of ether oxygens (including phenoxy) is 4. The van der Waals surface area contributed by atoms with Crippen molar-refractivity contribution in [2.75, 3.05) is 6.61 Å². The summed E-state index contributed by atoms with van der Waals surface area (Å²) < 4.78 is 22.2. The average Bonchev–Trinajstić information content (AvgIpc) is 2.90. The summed E-state index contributed by atoms with van der Waals surface area (Å²) >= 11 is 0. The van der Waals surface area contributed by atoms with Crippen LogP contribution in [0.5, 0.6) is 0 Å². The molecule has 1 aliphatic heterocycles. The first-order chi connectivity index (χ1) is 17.0. The van der Waals surface area contributed by atoms with Gasteiger partial charge in [-0.15, -0.1) is 0 Å². The summed E-state index contributed by atoms with van der Waals surface area (Å²) in [4.78, 5) is 38.0. The molecule has 35 heavy (non-hydrogen) atoms. The molecule has 0 unspecified atom stereocenters. The number of aliphatic hydroxyl groups excluding tert-OH is 1. The van der Waals surface area contributed by atoms with Gasteiger partial charge in [0.05, 0.1) is 16.7 Å². The van der Waals surface area contributed by atoms with Gasteiger partial charge in [-0.1, -0.05) is 54.6 Å². The molecule has 1 saturated heterocycles. The molecule has 0 aromatic heterocycles. The van der Waals surface area contributed by atoms with Gasteiger partial charge < -0.3 is 24.1 Å². The van der Waals surface area contributed by atoms with E-state index < -0.39 is 42.5 Å². The highest BCUT2D eigenvalue weighted by Gasteiger charge is 2.44. The third kappa shape index (κ3) is 6.32. The molecule has 3 aromatic carbocycles. The van der Waals surface area contributed by atoms with Crippen molar-refractivity contribution in [1.82, 2.24) is 0 Å². The molecule has 0 amide bonds. The molecule has 1 aliphatic rings. The fourth-order valence-electron chi connectivity index (χ4n) is 3.67. The second kappa shape index (κ2) is 11.4. The SMILES string of the molecule is O=C(OC[C@H]1O[C@H](O)C[C@@H](OC(=O)c2ccccc2)[C@@H]1OC(=O)c1ccccc1)c1ccccc1. The Hall–Kier alpha value is -4.01. The summed E-state index contributed by atoms with van der Waals surface area (Å²) in [5.41, 5.74) is 0.911. The van der Waals surface area contributed by atoms with Crippen LogP contribution in [0, 0.1) is 0 Å². The van der Waals surface area contributed by atoms with Crippen LogP contribution < -0.4 is 0 Å². The van der Waals surface area contributed by atoms with Gasteiger partial charge >= 0.3 is 17.9 Å². The van der Waals surface area contributed by atoms with Crippen LogP contribution in [0.15, 0.2) is 91.0 Å². The molecule has 8 heteroatoms. The lowest BCUT2D eigenvalue weighted by atomic mass is 10.0. The first kappa shape index (κ1) is 24.1. The molecule has 1 N–H and O–H groups in total. The minimum absolute atomic E-state index is 0.131. The first-order valence-corrected chi connectivity index (χ1v) is 11.1. The zero-order valence-corrected chi connectivity index (χ0v) is 18.7. The molecule has 3 aromatic rings. The monoisotopic (exact) mass is 476 g/mol. The summed E-state index contributed by atoms with van der Waals surface area (Å²) in [5, 5.41) is 10.3. The van der Waals surface area contributed by atoms with E-state index >= 15 is 0 Å². The number of hydrogen-bond acceptors (Lipinski definition) is 8. The van der Waals surface area contributed by atoms with Crippen LogP contribution in [0.4, 0.5) is 0 Å². The van der Waals surface area contributed by atoms with Crippen LogP contribution in [-0.4, -0.2) is 54.2 Å². The lowest BCUT2D eigenvalue weighted by Gasteiger charge is -2.38. The zero-order chi connectivity index (χ0) is 24.6. The van der Waals surface area contributed by atoms with Gasteiger partial charge in [-0.3, -0.25) is 0 Å². The zero-order valence-electron chi connectivity index (χ0n) is 18.7. The van der Waals surface area contributed by atoms with Crippen molar-refractivity contribution in [3.8, 4) is 0 Å². The molecule has 0 spiro atoms. The fraction of sp³-hybridized carbons (Fsp3) is 0.222. The van der Waals surface area contributed by atoms with Gasteiger partial charge in [-0.25, -0.2) is 14.4 Å². The highest BCUT2D eigenvalue weighted by Crippen LogP contribution is 2.27. The van der Waals surface area contributed by atoms with Crippen molar-refractivity contribution in [3.63, 3.8) is 0 Å². The predicted octanol–water partition coefficient (Wildman–Crippen LogP) is 3.40. The number of esters is 3. The van der Waals surface area contributed by atoms with E-state index in [-0.39, 0.29) is 18.6 Å². The van der Waals surface area contributed by atoms with Crippen molar-refractivity contribution in [2.24, 2.45) is 0 Å². The number of carbonyl (C=O) groups excluding carboxylic acids is 3. The number of rotatable bonds is 7. The first-order valence-electron chi connectivity index (χ1n) is 11.1. The molecule has 8 nitrogen and oxygen atoms in total. The lowest BCUT2D eigenvalue weighted by Crippen LogP contribution is -2.54. The quantitative estimate of drug-likeness (QED) is 0.408. The maximum atomic E-state index is 12.8. The van der Waals surface area contributed by atoms with Crippen molar-refractivity contribution in [3.05, 3.63) is 108 Å². The van der Waals surface area contributed by atoms with Gasteiger partial charge in [0.25, 0.3) is 0 Å². The largest absolute Gasteiger partial charge is 0.459 e. The number of hydrogen-bond donors (Lipinski definition) is 1. The van der Waals surface area contributed by atoms with Crippen LogP contribution in [0.25, 0.3) is 0 Å². The number of aliphatic hydroxyl groups is 1. The van der Waals surface area contributed by atoms with Crippen LogP contribution in [-0.2, 0) is 18.9 Å². The molecule has 0 radical (unpaired) electrons. The second-order valence-electron chi connectivity index (χ2n) is 7.88.